The Kier molecular flexibility index (Phi) is 5.32. The lowest BCUT2D eigenvalue weighted by Gasteiger charge is -2.28. The number of hydrogen-bond donors (Lipinski definition) is 1. The molecule has 1 amide bonds. The molecule has 3 aromatic rings. The standard InChI is InChI=1S/C21H24N6O/c1-16(27-24-20(23-25-27)17-8-4-2-5-9-17)21(28)22-18-10-12-19(13-11-18)26-14-6-3-7-15-26/h2,4-5,8-13,16H,3,6-7,14-15H2,1H3,(H,22,28). The van der Waals surface area contributed by atoms with Gasteiger partial charge in [0.15, 0.2) is 0 Å². The molecule has 0 spiro atoms. The van der Waals surface area contributed by atoms with Gasteiger partial charge in [-0.3, -0.25) is 4.79 Å². The second kappa shape index (κ2) is 8.21. The van der Waals surface area contributed by atoms with Crippen LogP contribution in [0.5, 0.6) is 0 Å². The van der Waals surface area contributed by atoms with E-state index in [2.05, 4.69) is 37.8 Å². The van der Waals surface area contributed by atoms with Gasteiger partial charge >= 0.3 is 0 Å². The zero-order chi connectivity index (χ0) is 19.3. The Bertz CT molecular complexity index is 916. The predicted octanol–water partition coefficient (Wildman–Crippen LogP) is 3.53. The first-order valence-corrected chi connectivity index (χ1v) is 9.71. The van der Waals surface area contributed by atoms with Gasteiger partial charge in [-0.15, -0.1) is 10.2 Å². The summed E-state index contributed by atoms with van der Waals surface area (Å²) in [6, 6.07) is 17.0. The van der Waals surface area contributed by atoms with Crippen LogP contribution in [0.1, 0.15) is 32.2 Å². The summed E-state index contributed by atoms with van der Waals surface area (Å²) in [6.07, 6.45) is 3.79. The van der Waals surface area contributed by atoms with E-state index in [1.807, 2.05) is 42.5 Å². The fourth-order valence-corrected chi connectivity index (χ4v) is 3.35. The molecular formula is C21H24N6O. The molecule has 7 heteroatoms. The highest BCUT2D eigenvalue weighted by molar-refractivity contribution is 5.93. The molecule has 28 heavy (non-hydrogen) atoms. The number of rotatable bonds is 5. The molecule has 4 rings (SSSR count). The second-order valence-corrected chi connectivity index (χ2v) is 7.06. The molecule has 1 aliphatic rings. The van der Waals surface area contributed by atoms with Gasteiger partial charge in [0.1, 0.15) is 6.04 Å². The van der Waals surface area contributed by atoms with Crippen LogP contribution in [0.25, 0.3) is 11.4 Å². The van der Waals surface area contributed by atoms with E-state index < -0.39 is 6.04 Å². The molecular weight excluding hydrogens is 352 g/mol. The number of anilines is 2. The number of nitrogens with zero attached hydrogens (tertiary/aromatic N) is 5. The van der Waals surface area contributed by atoms with Crippen LogP contribution >= 0.6 is 0 Å². The number of amides is 1. The van der Waals surface area contributed by atoms with E-state index >= 15 is 0 Å². The highest BCUT2D eigenvalue weighted by Gasteiger charge is 2.19. The van der Waals surface area contributed by atoms with E-state index in [0.29, 0.717) is 5.82 Å². The third-order valence-corrected chi connectivity index (χ3v) is 5.04. The Hall–Kier alpha value is -3.22. The van der Waals surface area contributed by atoms with Crippen molar-refractivity contribution in [1.82, 2.24) is 20.2 Å². The van der Waals surface area contributed by atoms with Gasteiger partial charge in [-0.1, -0.05) is 30.3 Å². The van der Waals surface area contributed by atoms with Crippen LogP contribution in [-0.4, -0.2) is 39.2 Å². The summed E-state index contributed by atoms with van der Waals surface area (Å²) in [7, 11) is 0. The van der Waals surface area contributed by atoms with Gasteiger partial charge in [0.25, 0.3) is 5.91 Å². The molecule has 144 valence electrons. The summed E-state index contributed by atoms with van der Waals surface area (Å²) in [5.74, 6) is 0.328. The Morgan fingerprint density at radius 1 is 1.00 bits per heavy atom. The number of hydrogen-bond acceptors (Lipinski definition) is 5. The van der Waals surface area contributed by atoms with Crippen LogP contribution < -0.4 is 10.2 Å². The molecule has 1 saturated heterocycles. The topological polar surface area (TPSA) is 75.9 Å². The van der Waals surface area contributed by atoms with Gasteiger partial charge < -0.3 is 10.2 Å². The van der Waals surface area contributed by atoms with E-state index in [1.54, 1.807) is 6.92 Å². The number of carbonyl (C=O) groups is 1. The number of carbonyl (C=O) groups excluding carboxylic acids is 1. The first kappa shape index (κ1) is 18.2. The summed E-state index contributed by atoms with van der Waals surface area (Å²) >= 11 is 0. The van der Waals surface area contributed by atoms with Crippen molar-refractivity contribution >= 4 is 17.3 Å². The molecule has 0 radical (unpaired) electrons. The van der Waals surface area contributed by atoms with Gasteiger partial charge in [-0.05, 0) is 55.7 Å². The van der Waals surface area contributed by atoms with Gasteiger partial charge in [0.2, 0.25) is 5.82 Å². The highest BCUT2D eigenvalue weighted by Crippen LogP contribution is 2.22. The van der Waals surface area contributed by atoms with Gasteiger partial charge in [0, 0.05) is 30.0 Å². The molecule has 1 unspecified atom stereocenters. The van der Waals surface area contributed by atoms with Crippen LogP contribution in [0.15, 0.2) is 54.6 Å². The normalized spacial score (nSPS) is 15.2. The van der Waals surface area contributed by atoms with Crippen LogP contribution in [0, 0.1) is 0 Å². The molecule has 2 heterocycles. The second-order valence-electron chi connectivity index (χ2n) is 7.06. The summed E-state index contributed by atoms with van der Waals surface area (Å²) in [6.45, 7) is 3.96. The highest BCUT2D eigenvalue weighted by atomic mass is 16.2. The predicted molar refractivity (Wildman–Crippen MR) is 109 cm³/mol. The van der Waals surface area contributed by atoms with Crippen LogP contribution in [0.3, 0.4) is 0 Å². The first-order valence-electron chi connectivity index (χ1n) is 9.71. The van der Waals surface area contributed by atoms with Crippen LogP contribution in [0.4, 0.5) is 11.4 Å². The maximum Gasteiger partial charge on any atom is 0.250 e. The third kappa shape index (κ3) is 4.03. The number of nitrogens with one attached hydrogen (secondary N) is 1. The molecule has 1 aromatic heterocycles. The van der Waals surface area contributed by atoms with Gasteiger partial charge in [0.05, 0.1) is 0 Å². The number of aromatic nitrogens is 4. The molecule has 1 atom stereocenters. The van der Waals surface area contributed by atoms with E-state index in [9.17, 15) is 4.79 Å². The van der Waals surface area contributed by atoms with Crippen molar-refractivity contribution < 1.29 is 4.79 Å². The van der Waals surface area contributed by atoms with Crippen LogP contribution in [0.2, 0.25) is 0 Å². The number of tetrazole rings is 1. The van der Waals surface area contributed by atoms with Crippen molar-refractivity contribution in [3.8, 4) is 11.4 Å². The maximum atomic E-state index is 12.6. The van der Waals surface area contributed by atoms with Gasteiger partial charge in [-0.2, -0.15) is 4.80 Å². The monoisotopic (exact) mass is 376 g/mol. The minimum absolute atomic E-state index is 0.178. The zero-order valence-electron chi connectivity index (χ0n) is 16.0. The third-order valence-electron chi connectivity index (χ3n) is 5.04. The molecule has 0 bridgehead atoms. The van der Waals surface area contributed by atoms with Crippen LogP contribution in [-0.2, 0) is 4.79 Å². The SMILES string of the molecule is CC(C(=O)Nc1ccc(N2CCCCC2)cc1)n1nnc(-c2ccccc2)n1. The lowest BCUT2D eigenvalue weighted by Crippen LogP contribution is -2.29. The Labute approximate surface area is 164 Å². The summed E-state index contributed by atoms with van der Waals surface area (Å²) in [4.78, 5) is 16.3. The largest absolute Gasteiger partial charge is 0.372 e. The fourth-order valence-electron chi connectivity index (χ4n) is 3.35. The summed E-state index contributed by atoms with van der Waals surface area (Å²) in [5, 5.41) is 15.4. The lowest BCUT2D eigenvalue weighted by atomic mass is 10.1. The molecule has 7 nitrogen and oxygen atoms in total. The molecule has 1 N–H and O–H groups in total. The fraction of sp³-hybridized carbons (Fsp3) is 0.333. The minimum Gasteiger partial charge on any atom is -0.372 e. The van der Waals surface area contributed by atoms with Crippen molar-refractivity contribution in [2.24, 2.45) is 0 Å². The van der Waals surface area contributed by atoms with E-state index in [1.165, 1.54) is 29.7 Å². The lowest BCUT2D eigenvalue weighted by molar-refractivity contribution is -0.119. The minimum atomic E-state index is -0.563. The van der Waals surface area contributed by atoms with Crippen molar-refractivity contribution in [3.63, 3.8) is 0 Å². The van der Waals surface area contributed by atoms with Gasteiger partial charge in [-0.25, -0.2) is 0 Å². The molecule has 2 aromatic carbocycles. The molecule has 0 aliphatic carbocycles. The number of piperidine rings is 1. The Morgan fingerprint density at radius 3 is 2.43 bits per heavy atom. The summed E-state index contributed by atoms with van der Waals surface area (Å²) in [5.41, 5.74) is 2.84. The molecule has 0 saturated carbocycles. The molecule has 1 fully saturated rings. The quantitative estimate of drug-likeness (QED) is 0.737. The average Bonchev–Trinajstić information content (AvgIpc) is 3.25. The molecule has 1 aliphatic heterocycles. The van der Waals surface area contributed by atoms with E-state index in [4.69, 9.17) is 0 Å². The van der Waals surface area contributed by atoms with Crippen molar-refractivity contribution in [2.75, 3.05) is 23.3 Å². The Balaban J connectivity index is 1.40. The van der Waals surface area contributed by atoms with Crippen molar-refractivity contribution in [2.45, 2.75) is 32.2 Å². The number of benzene rings is 2. The van der Waals surface area contributed by atoms with E-state index in [-0.39, 0.29) is 5.91 Å². The maximum absolute atomic E-state index is 12.6. The first-order chi connectivity index (χ1) is 13.7. The van der Waals surface area contributed by atoms with Crippen molar-refractivity contribution in [1.29, 1.82) is 0 Å². The smallest absolute Gasteiger partial charge is 0.250 e. The van der Waals surface area contributed by atoms with E-state index in [0.717, 1.165) is 24.3 Å². The zero-order valence-corrected chi connectivity index (χ0v) is 16.0. The van der Waals surface area contributed by atoms with Crippen molar-refractivity contribution in [3.05, 3.63) is 54.6 Å². The average molecular weight is 376 g/mol. The Morgan fingerprint density at radius 2 is 1.71 bits per heavy atom. The summed E-state index contributed by atoms with van der Waals surface area (Å²) < 4.78 is 0.